The average molecular weight is 319 g/mol. The molecule has 4 heteroatoms. The minimum absolute atomic E-state index is 0.0729. The normalized spacial score (nSPS) is 11.3. The highest BCUT2D eigenvalue weighted by molar-refractivity contribution is 6.03. The van der Waals surface area contributed by atoms with E-state index in [9.17, 15) is 4.79 Å². The smallest absolute Gasteiger partial charge is 0.256 e. The van der Waals surface area contributed by atoms with E-state index in [1.54, 1.807) is 10.7 Å². The molecule has 1 N–H and O–H groups in total. The van der Waals surface area contributed by atoms with Crippen LogP contribution in [0.5, 0.6) is 0 Å². The fourth-order valence-corrected chi connectivity index (χ4v) is 2.43. The van der Waals surface area contributed by atoms with Crippen LogP contribution in [0, 0.1) is 0 Å². The zero-order valence-electron chi connectivity index (χ0n) is 14.2. The van der Waals surface area contributed by atoms with Gasteiger partial charge in [0, 0.05) is 17.8 Å². The number of rotatable bonds is 3. The summed E-state index contributed by atoms with van der Waals surface area (Å²) in [6.07, 6.45) is 1.83. The molecule has 2 aromatic carbocycles. The number of nitrogens with zero attached hydrogens (tertiary/aromatic N) is 2. The van der Waals surface area contributed by atoms with Crippen molar-refractivity contribution in [2.24, 2.45) is 0 Å². The lowest BCUT2D eigenvalue weighted by molar-refractivity contribution is 0.102. The molecule has 1 aromatic heterocycles. The number of carbonyl (C=O) groups is 1. The summed E-state index contributed by atoms with van der Waals surface area (Å²) in [7, 11) is 0. The number of amides is 1. The summed E-state index contributed by atoms with van der Waals surface area (Å²) in [6, 6.07) is 19.3. The molecule has 0 aliphatic rings. The Balaban J connectivity index is 1.72. The second-order valence-corrected chi connectivity index (χ2v) is 6.76. The molecule has 0 radical (unpaired) electrons. The van der Waals surface area contributed by atoms with Crippen molar-refractivity contribution in [1.82, 2.24) is 9.78 Å². The van der Waals surface area contributed by atoms with E-state index in [-0.39, 0.29) is 11.3 Å². The van der Waals surface area contributed by atoms with E-state index in [0.717, 1.165) is 5.69 Å². The Morgan fingerprint density at radius 1 is 0.958 bits per heavy atom. The van der Waals surface area contributed by atoms with Gasteiger partial charge in [0.25, 0.3) is 5.91 Å². The Morgan fingerprint density at radius 3 is 2.25 bits per heavy atom. The molecule has 0 unspecified atom stereocenters. The monoisotopic (exact) mass is 319 g/mol. The Morgan fingerprint density at radius 2 is 1.62 bits per heavy atom. The second-order valence-electron chi connectivity index (χ2n) is 6.76. The lowest BCUT2D eigenvalue weighted by atomic mass is 9.87. The maximum absolute atomic E-state index is 12.4. The van der Waals surface area contributed by atoms with Gasteiger partial charge in [-0.05, 0) is 35.2 Å². The van der Waals surface area contributed by atoms with Gasteiger partial charge in [-0.3, -0.25) is 4.79 Å². The molecular weight excluding hydrogens is 298 g/mol. The summed E-state index contributed by atoms with van der Waals surface area (Å²) in [5, 5.41) is 7.22. The maximum atomic E-state index is 12.4. The van der Waals surface area contributed by atoms with Crippen LogP contribution in [-0.2, 0) is 5.41 Å². The summed E-state index contributed by atoms with van der Waals surface area (Å²) in [6.45, 7) is 6.45. The number of hydrogen-bond donors (Lipinski definition) is 1. The van der Waals surface area contributed by atoms with Gasteiger partial charge in [-0.1, -0.05) is 51.1 Å². The van der Waals surface area contributed by atoms with Crippen LogP contribution in [0.4, 0.5) is 5.82 Å². The Kier molecular flexibility index (Phi) is 4.21. The van der Waals surface area contributed by atoms with E-state index in [1.807, 2.05) is 60.8 Å². The first-order valence-corrected chi connectivity index (χ1v) is 7.96. The number of nitrogens with one attached hydrogen (secondary N) is 1. The van der Waals surface area contributed by atoms with Crippen molar-refractivity contribution in [3.05, 3.63) is 78.0 Å². The van der Waals surface area contributed by atoms with Gasteiger partial charge in [-0.2, -0.15) is 5.10 Å². The molecule has 122 valence electrons. The van der Waals surface area contributed by atoms with Crippen LogP contribution in [0.3, 0.4) is 0 Å². The highest BCUT2D eigenvalue weighted by atomic mass is 16.1. The quantitative estimate of drug-likeness (QED) is 0.776. The standard InChI is InChI=1S/C20H21N3O/c1-20(2,3)16-11-9-15(10-12-16)19(24)21-18-13-14-23(22-18)17-7-5-4-6-8-17/h4-14H,1-3H3,(H,21,22,24). The van der Waals surface area contributed by atoms with Crippen LogP contribution < -0.4 is 5.32 Å². The van der Waals surface area contributed by atoms with Gasteiger partial charge >= 0.3 is 0 Å². The Hall–Kier alpha value is -2.88. The molecule has 0 saturated heterocycles. The Labute approximate surface area is 142 Å². The SMILES string of the molecule is CC(C)(C)c1ccc(C(=O)Nc2ccn(-c3ccccc3)n2)cc1. The molecule has 0 atom stereocenters. The predicted octanol–water partition coefficient (Wildman–Crippen LogP) is 4.42. The van der Waals surface area contributed by atoms with E-state index in [4.69, 9.17) is 0 Å². The molecule has 1 heterocycles. The fourth-order valence-electron chi connectivity index (χ4n) is 2.43. The summed E-state index contributed by atoms with van der Waals surface area (Å²) >= 11 is 0. The van der Waals surface area contributed by atoms with E-state index >= 15 is 0 Å². The van der Waals surface area contributed by atoms with Gasteiger partial charge in [0.2, 0.25) is 0 Å². The first-order valence-electron chi connectivity index (χ1n) is 7.96. The number of aromatic nitrogens is 2. The third-order valence-corrected chi connectivity index (χ3v) is 3.86. The van der Waals surface area contributed by atoms with Crippen molar-refractivity contribution in [2.45, 2.75) is 26.2 Å². The van der Waals surface area contributed by atoms with Crippen molar-refractivity contribution in [3.8, 4) is 5.69 Å². The first-order chi connectivity index (χ1) is 11.4. The number of carbonyl (C=O) groups excluding carboxylic acids is 1. The number of hydrogen-bond acceptors (Lipinski definition) is 2. The molecule has 0 aliphatic heterocycles. The van der Waals surface area contributed by atoms with Crippen LogP contribution in [0.1, 0.15) is 36.7 Å². The minimum Gasteiger partial charge on any atom is -0.305 e. The number of benzene rings is 2. The lowest BCUT2D eigenvalue weighted by Crippen LogP contribution is -2.14. The van der Waals surface area contributed by atoms with Crippen molar-refractivity contribution in [2.75, 3.05) is 5.32 Å². The molecule has 1 amide bonds. The van der Waals surface area contributed by atoms with Gasteiger partial charge in [0.1, 0.15) is 0 Å². The molecule has 3 aromatic rings. The molecule has 0 saturated carbocycles. The fraction of sp³-hybridized carbons (Fsp3) is 0.200. The van der Waals surface area contributed by atoms with Crippen LogP contribution in [-0.4, -0.2) is 15.7 Å². The Bertz CT molecular complexity index is 827. The van der Waals surface area contributed by atoms with Gasteiger partial charge in [-0.15, -0.1) is 0 Å². The number of anilines is 1. The average Bonchev–Trinajstić information content (AvgIpc) is 3.03. The van der Waals surface area contributed by atoms with E-state index < -0.39 is 0 Å². The second kappa shape index (κ2) is 6.32. The first kappa shape index (κ1) is 16.0. The third-order valence-electron chi connectivity index (χ3n) is 3.86. The summed E-state index contributed by atoms with van der Waals surface area (Å²) in [4.78, 5) is 12.4. The molecule has 0 bridgehead atoms. The molecule has 0 spiro atoms. The van der Waals surface area contributed by atoms with Gasteiger partial charge < -0.3 is 5.32 Å². The highest BCUT2D eigenvalue weighted by Crippen LogP contribution is 2.22. The van der Waals surface area contributed by atoms with Gasteiger partial charge in [0.15, 0.2) is 5.82 Å². The zero-order chi connectivity index (χ0) is 17.2. The molecule has 0 aliphatic carbocycles. The molecule has 24 heavy (non-hydrogen) atoms. The maximum Gasteiger partial charge on any atom is 0.256 e. The molecular formula is C20H21N3O. The van der Waals surface area contributed by atoms with Crippen molar-refractivity contribution < 1.29 is 4.79 Å². The zero-order valence-corrected chi connectivity index (χ0v) is 14.2. The largest absolute Gasteiger partial charge is 0.305 e. The van der Waals surface area contributed by atoms with E-state index in [2.05, 4.69) is 31.2 Å². The molecule has 3 rings (SSSR count). The van der Waals surface area contributed by atoms with Crippen LogP contribution >= 0.6 is 0 Å². The van der Waals surface area contributed by atoms with Crippen LogP contribution in [0.25, 0.3) is 5.69 Å². The van der Waals surface area contributed by atoms with Crippen LogP contribution in [0.15, 0.2) is 66.9 Å². The van der Waals surface area contributed by atoms with E-state index in [1.165, 1.54) is 5.56 Å². The summed E-state index contributed by atoms with van der Waals surface area (Å²) in [5.74, 6) is 0.373. The van der Waals surface area contributed by atoms with E-state index in [0.29, 0.717) is 11.4 Å². The molecule has 0 fully saturated rings. The van der Waals surface area contributed by atoms with Crippen LogP contribution in [0.2, 0.25) is 0 Å². The van der Waals surface area contributed by atoms with Gasteiger partial charge in [0.05, 0.1) is 5.69 Å². The summed E-state index contributed by atoms with van der Waals surface area (Å²) in [5.41, 5.74) is 2.85. The topological polar surface area (TPSA) is 46.9 Å². The van der Waals surface area contributed by atoms with Gasteiger partial charge in [-0.25, -0.2) is 4.68 Å². The van der Waals surface area contributed by atoms with Crippen molar-refractivity contribution in [1.29, 1.82) is 0 Å². The van der Waals surface area contributed by atoms with Crippen molar-refractivity contribution in [3.63, 3.8) is 0 Å². The molecule has 4 nitrogen and oxygen atoms in total. The number of para-hydroxylation sites is 1. The lowest BCUT2D eigenvalue weighted by Gasteiger charge is -2.18. The van der Waals surface area contributed by atoms with Crippen molar-refractivity contribution >= 4 is 11.7 Å². The summed E-state index contributed by atoms with van der Waals surface area (Å²) < 4.78 is 1.73. The predicted molar refractivity (Wildman–Crippen MR) is 96.7 cm³/mol. The third kappa shape index (κ3) is 3.54. The minimum atomic E-state index is -0.159. The highest BCUT2D eigenvalue weighted by Gasteiger charge is 2.14.